The topological polar surface area (TPSA) is 38.0 Å². The first-order valence-corrected chi connectivity index (χ1v) is 8.68. The predicted molar refractivity (Wildman–Crippen MR) is 111 cm³/mol. The second-order valence-corrected chi connectivity index (χ2v) is 6.21. The van der Waals surface area contributed by atoms with Crippen LogP contribution in [0, 0.1) is 0 Å². The first-order chi connectivity index (χ1) is 12.8. The molecule has 2 heteroatoms. The van der Waals surface area contributed by atoms with E-state index in [1.807, 2.05) is 42.5 Å². The molecule has 0 heterocycles. The zero-order valence-corrected chi connectivity index (χ0v) is 14.4. The highest BCUT2D eigenvalue weighted by atomic mass is 14.9. The van der Waals surface area contributed by atoms with Crippen molar-refractivity contribution in [3.63, 3.8) is 0 Å². The number of para-hydroxylation sites is 2. The molecule has 0 saturated heterocycles. The zero-order valence-electron chi connectivity index (χ0n) is 14.4. The van der Waals surface area contributed by atoms with Gasteiger partial charge in [0.25, 0.3) is 0 Å². The van der Waals surface area contributed by atoms with Crippen LogP contribution in [0.3, 0.4) is 0 Å². The summed E-state index contributed by atoms with van der Waals surface area (Å²) in [4.78, 5) is 0. The molecule has 0 unspecified atom stereocenters. The van der Waals surface area contributed by atoms with Crippen molar-refractivity contribution in [2.24, 2.45) is 0 Å². The van der Waals surface area contributed by atoms with Crippen molar-refractivity contribution in [1.29, 1.82) is 0 Å². The van der Waals surface area contributed by atoms with Crippen LogP contribution in [0.2, 0.25) is 0 Å². The minimum absolute atomic E-state index is 0.759. The summed E-state index contributed by atoms with van der Waals surface area (Å²) in [6, 6.07) is 35.0. The maximum Gasteiger partial charge on any atom is 0.0464 e. The van der Waals surface area contributed by atoms with Crippen LogP contribution < -0.4 is 11.1 Å². The SMILES string of the molecule is Nc1ccc(-c2ccccc2)c(-c2ccccc2Nc2ccccc2)c1. The summed E-state index contributed by atoms with van der Waals surface area (Å²) in [7, 11) is 0. The summed E-state index contributed by atoms with van der Waals surface area (Å²) in [5.41, 5.74) is 13.6. The summed E-state index contributed by atoms with van der Waals surface area (Å²) in [5, 5.41) is 3.53. The van der Waals surface area contributed by atoms with Crippen molar-refractivity contribution in [2.45, 2.75) is 0 Å². The van der Waals surface area contributed by atoms with Gasteiger partial charge in [-0.05, 0) is 47.0 Å². The molecule has 0 aliphatic rings. The first kappa shape index (κ1) is 16.0. The summed E-state index contributed by atoms with van der Waals surface area (Å²) in [6.07, 6.45) is 0. The quantitative estimate of drug-likeness (QED) is 0.426. The summed E-state index contributed by atoms with van der Waals surface area (Å²) in [6.45, 7) is 0. The molecule has 2 nitrogen and oxygen atoms in total. The van der Waals surface area contributed by atoms with Gasteiger partial charge >= 0.3 is 0 Å². The Morgan fingerprint density at radius 3 is 1.96 bits per heavy atom. The smallest absolute Gasteiger partial charge is 0.0464 e. The molecule has 0 fully saturated rings. The molecule has 26 heavy (non-hydrogen) atoms. The van der Waals surface area contributed by atoms with Crippen LogP contribution >= 0.6 is 0 Å². The van der Waals surface area contributed by atoms with E-state index in [1.54, 1.807) is 0 Å². The molecule has 0 spiro atoms. The normalized spacial score (nSPS) is 10.5. The standard InChI is InChI=1S/C24H20N2/c25-19-15-16-21(18-9-3-1-4-10-18)23(17-19)22-13-7-8-14-24(22)26-20-11-5-2-6-12-20/h1-17,26H,25H2. The van der Waals surface area contributed by atoms with Gasteiger partial charge in [0.15, 0.2) is 0 Å². The number of nitrogens with two attached hydrogens (primary N) is 1. The van der Waals surface area contributed by atoms with E-state index in [0.717, 1.165) is 28.2 Å². The van der Waals surface area contributed by atoms with Gasteiger partial charge in [0.05, 0.1) is 0 Å². The second kappa shape index (κ2) is 7.16. The van der Waals surface area contributed by atoms with Crippen molar-refractivity contribution in [1.82, 2.24) is 0 Å². The number of hydrogen-bond donors (Lipinski definition) is 2. The second-order valence-electron chi connectivity index (χ2n) is 6.21. The van der Waals surface area contributed by atoms with E-state index in [-0.39, 0.29) is 0 Å². The molecule has 4 aromatic rings. The predicted octanol–water partition coefficient (Wildman–Crippen LogP) is 6.35. The molecule has 4 rings (SSSR count). The lowest BCUT2D eigenvalue weighted by Gasteiger charge is -2.16. The van der Waals surface area contributed by atoms with Gasteiger partial charge in [0, 0.05) is 22.6 Å². The van der Waals surface area contributed by atoms with Crippen LogP contribution in [0.25, 0.3) is 22.3 Å². The van der Waals surface area contributed by atoms with Gasteiger partial charge in [-0.3, -0.25) is 0 Å². The lowest BCUT2D eigenvalue weighted by atomic mass is 9.93. The third-order valence-electron chi connectivity index (χ3n) is 4.40. The Labute approximate surface area is 153 Å². The summed E-state index contributed by atoms with van der Waals surface area (Å²) >= 11 is 0. The Kier molecular flexibility index (Phi) is 4.40. The van der Waals surface area contributed by atoms with Crippen LogP contribution in [0.4, 0.5) is 17.1 Å². The van der Waals surface area contributed by atoms with Gasteiger partial charge in [-0.2, -0.15) is 0 Å². The maximum absolute atomic E-state index is 6.13. The van der Waals surface area contributed by atoms with Crippen LogP contribution in [-0.2, 0) is 0 Å². The van der Waals surface area contributed by atoms with Crippen LogP contribution in [0.1, 0.15) is 0 Å². The van der Waals surface area contributed by atoms with Crippen molar-refractivity contribution in [3.05, 3.63) is 103 Å². The van der Waals surface area contributed by atoms with Gasteiger partial charge in [0.1, 0.15) is 0 Å². The number of nitrogen functional groups attached to an aromatic ring is 1. The number of benzene rings is 4. The lowest BCUT2D eigenvalue weighted by Crippen LogP contribution is -1.95. The zero-order chi connectivity index (χ0) is 17.8. The third kappa shape index (κ3) is 3.31. The molecule has 0 radical (unpaired) electrons. The Hall–Kier alpha value is -3.52. The highest BCUT2D eigenvalue weighted by Crippen LogP contribution is 2.38. The van der Waals surface area contributed by atoms with Crippen molar-refractivity contribution < 1.29 is 0 Å². The number of anilines is 3. The van der Waals surface area contributed by atoms with Crippen molar-refractivity contribution in [3.8, 4) is 22.3 Å². The Morgan fingerprint density at radius 2 is 1.19 bits per heavy atom. The highest BCUT2D eigenvalue weighted by molar-refractivity contribution is 5.91. The Bertz CT molecular complexity index is 1010. The minimum atomic E-state index is 0.759. The Balaban J connectivity index is 1.85. The molecule has 0 bridgehead atoms. The Morgan fingerprint density at radius 1 is 0.538 bits per heavy atom. The largest absolute Gasteiger partial charge is 0.399 e. The van der Waals surface area contributed by atoms with Crippen LogP contribution in [-0.4, -0.2) is 0 Å². The summed E-state index contributed by atoms with van der Waals surface area (Å²) < 4.78 is 0. The average Bonchev–Trinajstić information content (AvgIpc) is 2.70. The van der Waals surface area contributed by atoms with Crippen molar-refractivity contribution >= 4 is 17.1 Å². The van der Waals surface area contributed by atoms with Crippen LogP contribution in [0.15, 0.2) is 103 Å². The lowest BCUT2D eigenvalue weighted by molar-refractivity contribution is 1.52. The third-order valence-corrected chi connectivity index (χ3v) is 4.40. The first-order valence-electron chi connectivity index (χ1n) is 8.68. The minimum Gasteiger partial charge on any atom is -0.399 e. The fraction of sp³-hybridized carbons (Fsp3) is 0. The number of rotatable bonds is 4. The monoisotopic (exact) mass is 336 g/mol. The number of hydrogen-bond acceptors (Lipinski definition) is 2. The molecule has 4 aromatic carbocycles. The molecule has 0 amide bonds. The van der Waals surface area contributed by atoms with Gasteiger partial charge in [0.2, 0.25) is 0 Å². The van der Waals surface area contributed by atoms with E-state index < -0.39 is 0 Å². The molecular weight excluding hydrogens is 316 g/mol. The summed E-state index contributed by atoms with van der Waals surface area (Å²) in [5.74, 6) is 0. The van der Waals surface area contributed by atoms with Crippen molar-refractivity contribution in [2.75, 3.05) is 11.1 Å². The van der Waals surface area contributed by atoms with E-state index in [1.165, 1.54) is 11.1 Å². The number of nitrogens with one attached hydrogen (secondary N) is 1. The van der Waals surface area contributed by atoms with E-state index in [9.17, 15) is 0 Å². The molecule has 0 aliphatic carbocycles. The van der Waals surface area contributed by atoms with Gasteiger partial charge in [-0.25, -0.2) is 0 Å². The fourth-order valence-electron chi connectivity index (χ4n) is 3.16. The fourth-order valence-corrected chi connectivity index (χ4v) is 3.16. The molecule has 126 valence electrons. The highest BCUT2D eigenvalue weighted by Gasteiger charge is 2.11. The van der Waals surface area contributed by atoms with E-state index >= 15 is 0 Å². The van der Waals surface area contributed by atoms with E-state index in [2.05, 4.69) is 66.0 Å². The average molecular weight is 336 g/mol. The van der Waals surface area contributed by atoms with Gasteiger partial charge < -0.3 is 11.1 Å². The molecule has 0 aromatic heterocycles. The molecular formula is C24H20N2. The van der Waals surface area contributed by atoms with E-state index in [0.29, 0.717) is 0 Å². The molecule has 0 saturated carbocycles. The van der Waals surface area contributed by atoms with Crippen LogP contribution in [0.5, 0.6) is 0 Å². The molecule has 3 N–H and O–H groups in total. The van der Waals surface area contributed by atoms with Gasteiger partial charge in [-0.15, -0.1) is 0 Å². The molecule has 0 atom stereocenters. The van der Waals surface area contributed by atoms with Gasteiger partial charge in [-0.1, -0.05) is 72.8 Å². The van der Waals surface area contributed by atoms with E-state index in [4.69, 9.17) is 5.73 Å². The maximum atomic E-state index is 6.13. The molecule has 0 aliphatic heterocycles.